The van der Waals surface area contributed by atoms with Crippen molar-refractivity contribution in [2.24, 2.45) is 0 Å². The highest BCUT2D eigenvalue weighted by atomic mass is 16.5. The van der Waals surface area contributed by atoms with E-state index in [9.17, 15) is 4.79 Å². The van der Waals surface area contributed by atoms with E-state index in [0.29, 0.717) is 23.7 Å². The third-order valence-electron chi connectivity index (χ3n) is 3.49. The lowest BCUT2D eigenvalue weighted by molar-refractivity contribution is -0.145. The van der Waals surface area contributed by atoms with Gasteiger partial charge in [0, 0.05) is 10.8 Å². The summed E-state index contributed by atoms with van der Waals surface area (Å²) < 4.78 is 5.51. The molecule has 0 amide bonds. The predicted molar refractivity (Wildman–Crippen MR) is 98.6 cm³/mol. The number of hydrogen-bond acceptors (Lipinski definition) is 6. The van der Waals surface area contributed by atoms with Gasteiger partial charge in [-0.25, -0.2) is 9.78 Å². The summed E-state index contributed by atoms with van der Waals surface area (Å²) >= 11 is 0. The quantitative estimate of drug-likeness (QED) is 0.424. The Labute approximate surface area is 144 Å². The third kappa shape index (κ3) is 4.07. The van der Waals surface area contributed by atoms with Crippen LogP contribution >= 0.6 is 0 Å². The first kappa shape index (κ1) is 18.3. The van der Waals surface area contributed by atoms with Crippen LogP contribution in [-0.4, -0.2) is 33.9 Å². The SMILES string of the molecule is CC(O)C(=O)O.CCOc1c(N)cc2nc3ccccc3cc2c1N. The van der Waals surface area contributed by atoms with Crippen molar-refractivity contribution in [3.63, 3.8) is 0 Å². The minimum atomic E-state index is -1.23. The summed E-state index contributed by atoms with van der Waals surface area (Å²) in [6, 6.07) is 11.8. The molecule has 1 unspecified atom stereocenters. The van der Waals surface area contributed by atoms with Crippen LogP contribution in [0.1, 0.15) is 13.8 Å². The number of aliphatic hydroxyl groups is 1. The number of ether oxygens (including phenoxy) is 1. The van der Waals surface area contributed by atoms with Crippen LogP contribution in [0.15, 0.2) is 36.4 Å². The number of nitrogens with two attached hydrogens (primary N) is 2. The summed E-state index contributed by atoms with van der Waals surface area (Å²) in [4.78, 5) is 14.0. The summed E-state index contributed by atoms with van der Waals surface area (Å²) in [7, 11) is 0. The van der Waals surface area contributed by atoms with Crippen LogP contribution in [-0.2, 0) is 4.79 Å². The Morgan fingerprint density at radius 2 is 1.88 bits per heavy atom. The molecule has 0 aliphatic carbocycles. The van der Waals surface area contributed by atoms with Crippen LogP contribution in [0.25, 0.3) is 21.8 Å². The lowest BCUT2D eigenvalue weighted by Gasteiger charge is -2.13. The number of aliphatic hydroxyl groups excluding tert-OH is 1. The Morgan fingerprint density at radius 3 is 2.48 bits per heavy atom. The molecule has 0 fully saturated rings. The van der Waals surface area contributed by atoms with E-state index in [1.807, 2.05) is 43.3 Å². The van der Waals surface area contributed by atoms with Crippen molar-refractivity contribution in [3.05, 3.63) is 36.4 Å². The molecule has 7 nitrogen and oxygen atoms in total. The topological polar surface area (TPSA) is 132 Å². The van der Waals surface area contributed by atoms with Gasteiger partial charge in [-0.15, -0.1) is 0 Å². The van der Waals surface area contributed by atoms with Gasteiger partial charge >= 0.3 is 5.97 Å². The molecule has 25 heavy (non-hydrogen) atoms. The minimum absolute atomic E-state index is 0.523. The maximum Gasteiger partial charge on any atom is 0.332 e. The maximum atomic E-state index is 9.45. The highest BCUT2D eigenvalue weighted by molar-refractivity contribution is 6.03. The molecule has 0 radical (unpaired) electrons. The number of carbonyl (C=O) groups is 1. The van der Waals surface area contributed by atoms with Crippen molar-refractivity contribution in [2.45, 2.75) is 20.0 Å². The summed E-state index contributed by atoms with van der Waals surface area (Å²) in [5.41, 5.74) is 14.9. The average molecular weight is 343 g/mol. The molecular weight excluding hydrogens is 322 g/mol. The zero-order valence-electron chi connectivity index (χ0n) is 14.1. The number of fused-ring (bicyclic) bond motifs is 2. The number of carboxylic acids is 1. The van der Waals surface area contributed by atoms with Crippen molar-refractivity contribution in [2.75, 3.05) is 18.1 Å². The standard InChI is InChI=1S/C15H15N3O.C3H6O3/c1-2-19-15-11(16)8-13-10(14(15)17)7-9-5-3-4-6-12(9)18-13;1-2(4)3(5)6/h3-8H,2,16-17H2,1H3;2,4H,1H3,(H,5,6). The van der Waals surface area contributed by atoms with Gasteiger partial charge in [-0.05, 0) is 32.0 Å². The minimum Gasteiger partial charge on any atom is -0.490 e. The Balaban J connectivity index is 0.000000326. The maximum absolute atomic E-state index is 9.45. The highest BCUT2D eigenvalue weighted by Crippen LogP contribution is 2.37. The van der Waals surface area contributed by atoms with Crippen LogP contribution in [0.4, 0.5) is 11.4 Å². The van der Waals surface area contributed by atoms with Crippen LogP contribution in [0.2, 0.25) is 0 Å². The van der Waals surface area contributed by atoms with E-state index in [1.54, 1.807) is 0 Å². The van der Waals surface area contributed by atoms with Gasteiger partial charge in [-0.2, -0.15) is 0 Å². The smallest absolute Gasteiger partial charge is 0.332 e. The molecule has 0 bridgehead atoms. The average Bonchev–Trinajstić information content (AvgIpc) is 2.58. The lowest BCUT2D eigenvalue weighted by Crippen LogP contribution is -2.13. The van der Waals surface area contributed by atoms with E-state index >= 15 is 0 Å². The molecule has 0 saturated carbocycles. The molecule has 3 rings (SSSR count). The number of aliphatic carboxylic acids is 1. The number of carboxylic acid groups (broad SMARTS) is 1. The first-order chi connectivity index (χ1) is 11.8. The number of nitrogens with zero attached hydrogens (tertiary/aromatic N) is 1. The summed E-state index contributed by atoms with van der Waals surface area (Å²) in [5.74, 6) is -0.637. The molecular formula is C18H21N3O4. The Bertz CT molecular complexity index is 910. The largest absolute Gasteiger partial charge is 0.490 e. The molecule has 3 aromatic rings. The summed E-state index contributed by atoms with van der Waals surface area (Å²) in [6.07, 6.45) is -1.23. The Morgan fingerprint density at radius 1 is 1.24 bits per heavy atom. The van der Waals surface area contributed by atoms with E-state index in [1.165, 1.54) is 6.92 Å². The molecule has 0 saturated heterocycles. The molecule has 1 heterocycles. The normalized spacial score (nSPS) is 11.6. The van der Waals surface area contributed by atoms with Gasteiger partial charge in [0.15, 0.2) is 5.75 Å². The summed E-state index contributed by atoms with van der Waals surface area (Å²) in [5, 5.41) is 17.7. The number of pyridine rings is 1. The van der Waals surface area contributed by atoms with E-state index in [4.69, 9.17) is 26.4 Å². The van der Waals surface area contributed by atoms with Gasteiger partial charge in [-0.1, -0.05) is 18.2 Å². The molecule has 2 aromatic carbocycles. The van der Waals surface area contributed by atoms with E-state index in [0.717, 1.165) is 21.8 Å². The van der Waals surface area contributed by atoms with Crippen LogP contribution < -0.4 is 16.2 Å². The van der Waals surface area contributed by atoms with Crippen LogP contribution in [0, 0.1) is 0 Å². The number of anilines is 2. The van der Waals surface area contributed by atoms with Crippen LogP contribution in [0.5, 0.6) is 5.75 Å². The van der Waals surface area contributed by atoms with E-state index < -0.39 is 12.1 Å². The second-order valence-electron chi connectivity index (χ2n) is 5.40. The fourth-order valence-corrected chi connectivity index (χ4v) is 2.25. The molecule has 0 aliphatic heterocycles. The number of nitrogen functional groups attached to an aromatic ring is 2. The molecule has 0 aliphatic rings. The second-order valence-corrected chi connectivity index (χ2v) is 5.40. The monoisotopic (exact) mass is 343 g/mol. The Kier molecular flexibility index (Phi) is 5.61. The molecule has 6 N–H and O–H groups in total. The molecule has 132 valence electrons. The first-order valence-corrected chi connectivity index (χ1v) is 7.76. The van der Waals surface area contributed by atoms with Gasteiger partial charge in [0.2, 0.25) is 0 Å². The van der Waals surface area contributed by atoms with Gasteiger partial charge in [0.1, 0.15) is 6.10 Å². The lowest BCUT2D eigenvalue weighted by atomic mass is 10.1. The number of hydrogen-bond donors (Lipinski definition) is 4. The number of aromatic nitrogens is 1. The molecule has 7 heteroatoms. The van der Waals surface area contributed by atoms with Crippen molar-refractivity contribution in [3.8, 4) is 5.75 Å². The van der Waals surface area contributed by atoms with Crippen molar-refractivity contribution in [1.29, 1.82) is 0 Å². The fraction of sp³-hybridized carbons (Fsp3) is 0.222. The van der Waals surface area contributed by atoms with Crippen LogP contribution in [0.3, 0.4) is 0 Å². The molecule has 1 atom stereocenters. The van der Waals surface area contributed by atoms with Crippen molar-refractivity contribution >= 4 is 39.1 Å². The van der Waals surface area contributed by atoms with Crippen molar-refractivity contribution < 1.29 is 19.7 Å². The number of rotatable bonds is 3. The molecule has 1 aromatic heterocycles. The molecule has 0 spiro atoms. The Hall–Kier alpha value is -3.06. The fourth-order valence-electron chi connectivity index (χ4n) is 2.25. The summed E-state index contributed by atoms with van der Waals surface area (Å²) in [6.45, 7) is 3.63. The highest BCUT2D eigenvalue weighted by Gasteiger charge is 2.12. The number of benzene rings is 2. The third-order valence-corrected chi connectivity index (χ3v) is 3.49. The predicted octanol–water partition coefficient (Wildman–Crippen LogP) is 2.40. The van der Waals surface area contributed by atoms with Gasteiger partial charge in [0.25, 0.3) is 0 Å². The number of para-hydroxylation sites is 1. The van der Waals surface area contributed by atoms with Gasteiger partial charge < -0.3 is 26.4 Å². The van der Waals surface area contributed by atoms with Gasteiger partial charge in [0.05, 0.1) is 29.0 Å². The zero-order valence-corrected chi connectivity index (χ0v) is 14.1. The first-order valence-electron chi connectivity index (χ1n) is 7.76. The zero-order chi connectivity index (χ0) is 18.6. The van der Waals surface area contributed by atoms with E-state index in [-0.39, 0.29) is 0 Å². The van der Waals surface area contributed by atoms with Crippen molar-refractivity contribution in [1.82, 2.24) is 4.98 Å². The second kappa shape index (κ2) is 7.67. The van der Waals surface area contributed by atoms with E-state index in [2.05, 4.69) is 4.98 Å². The van der Waals surface area contributed by atoms with Gasteiger partial charge in [-0.3, -0.25) is 0 Å².